The third-order valence-corrected chi connectivity index (χ3v) is 4.72. The molecule has 126 valence electrons. The molecule has 2 N–H and O–H groups in total. The number of para-hydroxylation sites is 2. The topological polar surface area (TPSA) is 57.3 Å². The molecule has 0 bridgehead atoms. The molecule has 24 heavy (non-hydrogen) atoms. The van der Waals surface area contributed by atoms with Crippen LogP contribution in [0.4, 0.5) is 11.4 Å². The van der Waals surface area contributed by atoms with Gasteiger partial charge in [0.25, 0.3) is 0 Å². The third kappa shape index (κ3) is 4.66. The summed E-state index contributed by atoms with van der Waals surface area (Å²) >= 11 is 1.51. The van der Waals surface area contributed by atoms with Crippen LogP contribution in [0, 0.1) is 0 Å². The highest BCUT2D eigenvalue weighted by Crippen LogP contribution is 2.24. The van der Waals surface area contributed by atoms with Crippen LogP contribution >= 0.6 is 11.3 Å². The lowest BCUT2D eigenvalue weighted by Gasteiger charge is -2.30. The molecule has 1 saturated heterocycles. The minimum Gasteiger partial charge on any atom is -0.381 e. The fourth-order valence-electron chi connectivity index (χ4n) is 2.73. The van der Waals surface area contributed by atoms with E-state index in [9.17, 15) is 4.79 Å². The molecule has 2 aromatic rings. The van der Waals surface area contributed by atoms with Crippen LogP contribution in [0.3, 0.4) is 0 Å². The maximum Gasteiger partial charge on any atom is 0.248 e. The van der Waals surface area contributed by atoms with E-state index in [0.717, 1.165) is 43.0 Å². The number of benzene rings is 1. The summed E-state index contributed by atoms with van der Waals surface area (Å²) in [5.41, 5.74) is 4.33. The van der Waals surface area contributed by atoms with Gasteiger partial charge < -0.3 is 15.5 Å². The highest BCUT2D eigenvalue weighted by Gasteiger charge is 2.17. The lowest BCUT2D eigenvalue weighted by molar-refractivity contribution is -0.111. The monoisotopic (exact) mass is 342 g/mol. The molecule has 0 saturated carbocycles. The molecule has 0 spiro atoms. The molecule has 2 heterocycles. The summed E-state index contributed by atoms with van der Waals surface area (Å²) in [6.07, 6.45) is 5.46. The number of thiazole rings is 1. The van der Waals surface area contributed by atoms with Crippen LogP contribution in [-0.2, 0) is 4.79 Å². The SMILES string of the molecule is CN1CCC(Nc2ccccc2NC(=O)C=Cc2cscn2)CC1. The Balaban J connectivity index is 1.62. The van der Waals surface area contributed by atoms with E-state index in [4.69, 9.17) is 0 Å². The molecule has 1 aliphatic heterocycles. The Morgan fingerprint density at radius 3 is 2.75 bits per heavy atom. The average molecular weight is 342 g/mol. The van der Waals surface area contributed by atoms with Crippen LogP contribution in [0.5, 0.6) is 0 Å². The molecule has 1 aromatic carbocycles. The Morgan fingerprint density at radius 2 is 2.04 bits per heavy atom. The van der Waals surface area contributed by atoms with Gasteiger partial charge in [0.15, 0.2) is 0 Å². The average Bonchev–Trinajstić information content (AvgIpc) is 3.10. The van der Waals surface area contributed by atoms with Crippen LogP contribution in [0.2, 0.25) is 0 Å². The predicted octanol–water partition coefficient (Wildman–Crippen LogP) is 3.30. The maximum absolute atomic E-state index is 12.1. The summed E-state index contributed by atoms with van der Waals surface area (Å²) in [6.45, 7) is 2.20. The molecule has 1 amide bonds. The molecule has 5 nitrogen and oxygen atoms in total. The summed E-state index contributed by atoms with van der Waals surface area (Å²) in [5.74, 6) is -0.152. The quantitative estimate of drug-likeness (QED) is 0.819. The van der Waals surface area contributed by atoms with Gasteiger partial charge in [-0.05, 0) is 51.2 Å². The van der Waals surface area contributed by atoms with Gasteiger partial charge in [0.1, 0.15) is 0 Å². The Morgan fingerprint density at radius 1 is 1.29 bits per heavy atom. The smallest absolute Gasteiger partial charge is 0.248 e. The number of hydrogen-bond acceptors (Lipinski definition) is 5. The van der Waals surface area contributed by atoms with E-state index in [-0.39, 0.29) is 5.91 Å². The van der Waals surface area contributed by atoms with Crippen molar-refractivity contribution in [1.29, 1.82) is 0 Å². The summed E-state index contributed by atoms with van der Waals surface area (Å²) < 4.78 is 0. The zero-order chi connectivity index (χ0) is 16.8. The molecule has 0 radical (unpaired) electrons. The Hall–Kier alpha value is -2.18. The molecule has 1 aromatic heterocycles. The van der Waals surface area contributed by atoms with Crippen molar-refractivity contribution < 1.29 is 4.79 Å². The number of amides is 1. The lowest BCUT2D eigenvalue weighted by atomic mass is 10.0. The Bertz CT molecular complexity index is 691. The number of anilines is 2. The van der Waals surface area contributed by atoms with Crippen molar-refractivity contribution in [3.63, 3.8) is 0 Å². The van der Waals surface area contributed by atoms with E-state index < -0.39 is 0 Å². The summed E-state index contributed by atoms with van der Waals surface area (Å²) in [5, 5.41) is 8.42. The number of aromatic nitrogens is 1. The fourth-order valence-corrected chi connectivity index (χ4v) is 3.25. The second-order valence-corrected chi connectivity index (χ2v) is 6.72. The van der Waals surface area contributed by atoms with E-state index >= 15 is 0 Å². The van der Waals surface area contributed by atoms with Crippen molar-refractivity contribution in [2.75, 3.05) is 30.8 Å². The van der Waals surface area contributed by atoms with Gasteiger partial charge in [-0.3, -0.25) is 4.79 Å². The molecule has 1 fully saturated rings. The maximum atomic E-state index is 12.1. The van der Waals surface area contributed by atoms with Gasteiger partial charge in [0, 0.05) is 17.5 Å². The summed E-state index contributed by atoms with van der Waals surface area (Å²) in [4.78, 5) is 18.6. The molecule has 0 unspecified atom stereocenters. The van der Waals surface area contributed by atoms with Crippen molar-refractivity contribution in [2.24, 2.45) is 0 Å². The van der Waals surface area contributed by atoms with Gasteiger partial charge in [0.05, 0.1) is 22.6 Å². The van der Waals surface area contributed by atoms with Gasteiger partial charge >= 0.3 is 0 Å². The second kappa shape index (κ2) is 8.08. The van der Waals surface area contributed by atoms with E-state index in [2.05, 4.69) is 27.6 Å². The molecule has 0 atom stereocenters. The van der Waals surface area contributed by atoms with Crippen LogP contribution in [0.1, 0.15) is 18.5 Å². The molecule has 1 aliphatic rings. The number of hydrogen-bond donors (Lipinski definition) is 2. The van der Waals surface area contributed by atoms with E-state index in [1.54, 1.807) is 11.6 Å². The first-order chi connectivity index (χ1) is 11.7. The van der Waals surface area contributed by atoms with Crippen LogP contribution in [0.15, 0.2) is 41.2 Å². The minimum absolute atomic E-state index is 0.152. The minimum atomic E-state index is -0.152. The number of carbonyl (C=O) groups is 1. The number of nitrogens with one attached hydrogen (secondary N) is 2. The highest BCUT2D eigenvalue weighted by molar-refractivity contribution is 7.07. The van der Waals surface area contributed by atoms with Crippen molar-refractivity contribution in [3.05, 3.63) is 46.9 Å². The van der Waals surface area contributed by atoms with Crippen molar-refractivity contribution >= 4 is 34.7 Å². The number of piperidine rings is 1. The first-order valence-electron chi connectivity index (χ1n) is 8.12. The largest absolute Gasteiger partial charge is 0.381 e. The molecule has 3 rings (SSSR count). The Kier molecular flexibility index (Phi) is 5.61. The van der Waals surface area contributed by atoms with Crippen LogP contribution in [0.25, 0.3) is 6.08 Å². The second-order valence-electron chi connectivity index (χ2n) is 6.00. The number of carbonyl (C=O) groups excluding carboxylic acids is 1. The highest BCUT2D eigenvalue weighted by atomic mass is 32.1. The van der Waals surface area contributed by atoms with Crippen molar-refractivity contribution in [1.82, 2.24) is 9.88 Å². The third-order valence-electron chi connectivity index (χ3n) is 4.12. The van der Waals surface area contributed by atoms with Crippen molar-refractivity contribution in [2.45, 2.75) is 18.9 Å². The molecule has 0 aliphatic carbocycles. The Labute approximate surface area is 146 Å². The van der Waals surface area contributed by atoms with Crippen LogP contribution < -0.4 is 10.6 Å². The van der Waals surface area contributed by atoms with E-state index in [1.807, 2.05) is 29.6 Å². The zero-order valence-electron chi connectivity index (χ0n) is 13.7. The number of rotatable bonds is 5. The van der Waals surface area contributed by atoms with E-state index in [0.29, 0.717) is 6.04 Å². The molecular weight excluding hydrogens is 320 g/mol. The van der Waals surface area contributed by atoms with E-state index in [1.165, 1.54) is 17.4 Å². The zero-order valence-corrected chi connectivity index (χ0v) is 14.6. The van der Waals surface area contributed by atoms with Gasteiger partial charge in [-0.15, -0.1) is 11.3 Å². The number of likely N-dealkylation sites (tertiary alicyclic amines) is 1. The van der Waals surface area contributed by atoms with Gasteiger partial charge in [-0.2, -0.15) is 0 Å². The first kappa shape index (κ1) is 16.7. The summed E-state index contributed by atoms with van der Waals surface area (Å²) in [6, 6.07) is 8.30. The lowest BCUT2D eigenvalue weighted by Crippen LogP contribution is -2.36. The van der Waals surface area contributed by atoms with Gasteiger partial charge in [-0.25, -0.2) is 4.98 Å². The first-order valence-corrected chi connectivity index (χ1v) is 9.06. The van der Waals surface area contributed by atoms with Crippen molar-refractivity contribution in [3.8, 4) is 0 Å². The molecular formula is C18H22N4OS. The van der Waals surface area contributed by atoms with Gasteiger partial charge in [-0.1, -0.05) is 12.1 Å². The normalized spacial score (nSPS) is 16.4. The summed E-state index contributed by atoms with van der Waals surface area (Å²) in [7, 11) is 2.15. The van der Waals surface area contributed by atoms with Gasteiger partial charge in [0.2, 0.25) is 5.91 Å². The number of nitrogens with zero attached hydrogens (tertiary/aromatic N) is 2. The molecule has 6 heteroatoms. The van der Waals surface area contributed by atoms with Crippen LogP contribution in [-0.4, -0.2) is 42.0 Å². The standard InChI is InChI=1S/C18H22N4OS/c1-22-10-8-14(9-11-22)20-16-4-2-3-5-17(16)21-18(23)7-6-15-12-24-13-19-15/h2-7,12-14,20H,8-11H2,1H3,(H,21,23). The predicted molar refractivity (Wildman–Crippen MR) is 100 cm³/mol. The fraction of sp³-hybridized carbons (Fsp3) is 0.333.